The second kappa shape index (κ2) is 5.27. The van der Waals surface area contributed by atoms with Gasteiger partial charge < -0.3 is 19.9 Å². The van der Waals surface area contributed by atoms with Crippen molar-refractivity contribution in [2.24, 2.45) is 0 Å². The van der Waals surface area contributed by atoms with Crippen LogP contribution >= 0.6 is 0 Å². The SMILES string of the molecule is COc1cc(OC)c(CC2CCCN2)cc1O. The van der Waals surface area contributed by atoms with E-state index >= 15 is 0 Å². The molecule has 1 heterocycles. The van der Waals surface area contributed by atoms with Crippen LogP contribution in [0.5, 0.6) is 17.2 Å². The molecule has 1 atom stereocenters. The number of phenols is 1. The summed E-state index contributed by atoms with van der Waals surface area (Å²) in [6.07, 6.45) is 3.27. The molecule has 0 saturated carbocycles. The number of methoxy groups -OCH3 is 2. The maximum atomic E-state index is 9.78. The number of nitrogens with one attached hydrogen (secondary N) is 1. The predicted octanol–water partition coefficient (Wildman–Crippen LogP) is 1.70. The van der Waals surface area contributed by atoms with E-state index in [9.17, 15) is 5.11 Å². The van der Waals surface area contributed by atoms with Gasteiger partial charge in [0.15, 0.2) is 11.5 Å². The van der Waals surface area contributed by atoms with Crippen molar-refractivity contribution in [2.75, 3.05) is 20.8 Å². The third-order valence-corrected chi connectivity index (χ3v) is 3.21. The van der Waals surface area contributed by atoms with E-state index in [4.69, 9.17) is 9.47 Å². The molecule has 0 bridgehead atoms. The zero-order valence-electron chi connectivity index (χ0n) is 10.3. The van der Waals surface area contributed by atoms with Crippen LogP contribution in [0.15, 0.2) is 12.1 Å². The first-order valence-electron chi connectivity index (χ1n) is 5.92. The average Bonchev–Trinajstić information content (AvgIpc) is 2.82. The minimum absolute atomic E-state index is 0.168. The Bertz CT molecular complexity index is 386. The Labute approximate surface area is 102 Å². The summed E-state index contributed by atoms with van der Waals surface area (Å²) in [6.45, 7) is 1.08. The molecule has 1 aromatic rings. The zero-order valence-corrected chi connectivity index (χ0v) is 10.3. The Balaban J connectivity index is 2.22. The molecule has 1 aliphatic rings. The Morgan fingerprint density at radius 2 is 2.06 bits per heavy atom. The molecular formula is C13H19NO3. The van der Waals surface area contributed by atoms with Crippen LogP contribution in [0.25, 0.3) is 0 Å². The molecule has 0 aliphatic carbocycles. The molecule has 4 nitrogen and oxygen atoms in total. The molecule has 0 amide bonds. The molecule has 1 aromatic carbocycles. The molecule has 17 heavy (non-hydrogen) atoms. The first-order valence-corrected chi connectivity index (χ1v) is 5.92. The van der Waals surface area contributed by atoms with Gasteiger partial charge in [-0.25, -0.2) is 0 Å². The summed E-state index contributed by atoms with van der Waals surface area (Å²) < 4.78 is 10.4. The van der Waals surface area contributed by atoms with Gasteiger partial charge >= 0.3 is 0 Å². The molecule has 2 rings (SSSR count). The second-order valence-corrected chi connectivity index (χ2v) is 4.33. The minimum Gasteiger partial charge on any atom is -0.504 e. The summed E-state index contributed by atoms with van der Waals surface area (Å²) in [7, 11) is 3.17. The van der Waals surface area contributed by atoms with E-state index in [-0.39, 0.29) is 5.75 Å². The number of rotatable bonds is 4. The predicted molar refractivity (Wildman–Crippen MR) is 65.9 cm³/mol. The number of benzene rings is 1. The van der Waals surface area contributed by atoms with Gasteiger partial charge in [0.05, 0.1) is 14.2 Å². The van der Waals surface area contributed by atoms with E-state index in [0.717, 1.165) is 24.3 Å². The lowest BCUT2D eigenvalue weighted by molar-refractivity contribution is 0.361. The standard InChI is InChI=1S/C13H19NO3/c1-16-12-8-13(17-2)11(15)7-9(12)6-10-4-3-5-14-10/h7-8,10,14-15H,3-6H2,1-2H3. The number of phenolic OH excluding ortho intramolecular Hbond substituents is 1. The first-order chi connectivity index (χ1) is 8.24. The van der Waals surface area contributed by atoms with Crippen LogP contribution in [-0.2, 0) is 6.42 Å². The van der Waals surface area contributed by atoms with Gasteiger partial charge in [-0.2, -0.15) is 0 Å². The van der Waals surface area contributed by atoms with E-state index in [1.165, 1.54) is 20.0 Å². The summed E-state index contributed by atoms with van der Waals surface area (Å²) in [5.41, 5.74) is 1.02. The molecule has 2 N–H and O–H groups in total. The third-order valence-electron chi connectivity index (χ3n) is 3.21. The lowest BCUT2D eigenvalue weighted by Gasteiger charge is -2.15. The fourth-order valence-electron chi connectivity index (χ4n) is 2.30. The quantitative estimate of drug-likeness (QED) is 0.837. The molecule has 1 aliphatic heterocycles. The molecule has 1 saturated heterocycles. The van der Waals surface area contributed by atoms with E-state index in [0.29, 0.717) is 11.8 Å². The smallest absolute Gasteiger partial charge is 0.164 e. The molecule has 0 radical (unpaired) electrons. The van der Waals surface area contributed by atoms with Crippen LogP contribution in [0.1, 0.15) is 18.4 Å². The summed E-state index contributed by atoms with van der Waals surface area (Å²) >= 11 is 0. The van der Waals surface area contributed by atoms with Gasteiger partial charge in [0, 0.05) is 12.1 Å². The summed E-state index contributed by atoms with van der Waals surface area (Å²) in [5.74, 6) is 1.39. The van der Waals surface area contributed by atoms with E-state index in [1.54, 1.807) is 19.2 Å². The molecule has 4 heteroatoms. The first kappa shape index (κ1) is 12.0. The van der Waals surface area contributed by atoms with E-state index in [1.807, 2.05) is 0 Å². The Morgan fingerprint density at radius 3 is 2.65 bits per heavy atom. The molecule has 94 valence electrons. The lowest BCUT2D eigenvalue weighted by Crippen LogP contribution is -2.23. The van der Waals surface area contributed by atoms with Crippen molar-refractivity contribution in [2.45, 2.75) is 25.3 Å². The van der Waals surface area contributed by atoms with Crippen LogP contribution in [0.4, 0.5) is 0 Å². The van der Waals surface area contributed by atoms with Crippen molar-refractivity contribution >= 4 is 0 Å². The van der Waals surface area contributed by atoms with Gasteiger partial charge in [-0.3, -0.25) is 0 Å². The molecule has 0 spiro atoms. The minimum atomic E-state index is 0.168. The van der Waals surface area contributed by atoms with Crippen LogP contribution in [0.3, 0.4) is 0 Å². The Kier molecular flexibility index (Phi) is 3.74. The van der Waals surface area contributed by atoms with Gasteiger partial charge in [-0.15, -0.1) is 0 Å². The highest BCUT2D eigenvalue weighted by atomic mass is 16.5. The van der Waals surface area contributed by atoms with Crippen LogP contribution in [0, 0.1) is 0 Å². The normalized spacial score (nSPS) is 19.3. The highest BCUT2D eigenvalue weighted by Crippen LogP contribution is 2.34. The number of hydrogen-bond donors (Lipinski definition) is 2. The topological polar surface area (TPSA) is 50.7 Å². The third kappa shape index (κ3) is 2.64. The summed E-state index contributed by atoms with van der Waals surface area (Å²) in [5, 5.41) is 13.2. The second-order valence-electron chi connectivity index (χ2n) is 4.33. The number of ether oxygens (including phenoxy) is 2. The molecule has 0 aromatic heterocycles. The maximum absolute atomic E-state index is 9.78. The van der Waals surface area contributed by atoms with Gasteiger partial charge in [0.2, 0.25) is 0 Å². The zero-order chi connectivity index (χ0) is 12.3. The van der Waals surface area contributed by atoms with Crippen molar-refractivity contribution in [1.82, 2.24) is 5.32 Å². The summed E-state index contributed by atoms with van der Waals surface area (Å²) in [4.78, 5) is 0. The van der Waals surface area contributed by atoms with Gasteiger partial charge in [0.25, 0.3) is 0 Å². The van der Waals surface area contributed by atoms with Crippen molar-refractivity contribution in [3.8, 4) is 17.2 Å². The number of aromatic hydroxyl groups is 1. The van der Waals surface area contributed by atoms with E-state index < -0.39 is 0 Å². The lowest BCUT2D eigenvalue weighted by atomic mass is 10.0. The van der Waals surface area contributed by atoms with Crippen molar-refractivity contribution in [3.05, 3.63) is 17.7 Å². The van der Waals surface area contributed by atoms with Crippen molar-refractivity contribution in [1.29, 1.82) is 0 Å². The van der Waals surface area contributed by atoms with Gasteiger partial charge in [0.1, 0.15) is 5.75 Å². The van der Waals surface area contributed by atoms with Crippen LogP contribution in [0.2, 0.25) is 0 Å². The monoisotopic (exact) mass is 237 g/mol. The Hall–Kier alpha value is -1.42. The average molecular weight is 237 g/mol. The number of hydrogen-bond acceptors (Lipinski definition) is 4. The maximum Gasteiger partial charge on any atom is 0.164 e. The molecular weight excluding hydrogens is 218 g/mol. The highest BCUT2D eigenvalue weighted by molar-refractivity contribution is 5.50. The fourth-order valence-corrected chi connectivity index (χ4v) is 2.30. The van der Waals surface area contributed by atoms with Crippen molar-refractivity contribution in [3.63, 3.8) is 0 Å². The van der Waals surface area contributed by atoms with Gasteiger partial charge in [-0.05, 0) is 37.4 Å². The summed E-state index contributed by atoms with van der Waals surface area (Å²) in [6, 6.07) is 3.95. The van der Waals surface area contributed by atoms with E-state index in [2.05, 4.69) is 5.32 Å². The van der Waals surface area contributed by atoms with Crippen LogP contribution in [-0.4, -0.2) is 31.9 Å². The van der Waals surface area contributed by atoms with Crippen molar-refractivity contribution < 1.29 is 14.6 Å². The Morgan fingerprint density at radius 1 is 1.29 bits per heavy atom. The highest BCUT2D eigenvalue weighted by Gasteiger charge is 2.18. The van der Waals surface area contributed by atoms with Gasteiger partial charge in [-0.1, -0.05) is 0 Å². The molecule has 1 fully saturated rings. The largest absolute Gasteiger partial charge is 0.504 e. The fraction of sp³-hybridized carbons (Fsp3) is 0.538. The van der Waals surface area contributed by atoms with Crippen LogP contribution < -0.4 is 14.8 Å². The molecule has 1 unspecified atom stereocenters.